The number of anilines is 1. The molecule has 1 saturated carbocycles. The maximum Gasteiger partial charge on any atom is 0.416 e. The molecule has 4 heteroatoms. The molecule has 0 bridgehead atoms. The number of hydrogen-bond acceptors (Lipinski definition) is 1. The van der Waals surface area contributed by atoms with E-state index in [1.807, 2.05) is 0 Å². The molecule has 19 heavy (non-hydrogen) atoms. The van der Waals surface area contributed by atoms with E-state index in [4.69, 9.17) is 0 Å². The van der Waals surface area contributed by atoms with Crippen molar-refractivity contribution >= 4 is 5.69 Å². The van der Waals surface area contributed by atoms with E-state index >= 15 is 0 Å². The predicted molar refractivity (Wildman–Crippen MR) is 71.0 cm³/mol. The van der Waals surface area contributed by atoms with Gasteiger partial charge < -0.3 is 5.32 Å². The maximum atomic E-state index is 12.6. The van der Waals surface area contributed by atoms with Gasteiger partial charge in [0.05, 0.1) is 5.56 Å². The molecule has 1 aromatic carbocycles. The van der Waals surface area contributed by atoms with Gasteiger partial charge in [-0.25, -0.2) is 0 Å². The maximum absolute atomic E-state index is 12.6. The Morgan fingerprint density at radius 3 is 2.53 bits per heavy atom. The minimum absolute atomic E-state index is 0.277. The highest BCUT2D eigenvalue weighted by atomic mass is 19.4. The lowest BCUT2D eigenvalue weighted by Crippen LogP contribution is -2.33. The molecule has 0 heterocycles. The van der Waals surface area contributed by atoms with Gasteiger partial charge in [-0.05, 0) is 49.3 Å². The van der Waals surface area contributed by atoms with Crippen LogP contribution in [-0.2, 0) is 6.18 Å². The van der Waals surface area contributed by atoms with Crippen molar-refractivity contribution in [2.75, 3.05) is 5.32 Å². The van der Waals surface area contributed by atoms with Gasteiger partial charge in [-0.2, -0.15) is 13.2 Å². The Morgan fingerprint density at radius 1 is 1.16 bits per heavy atom. The molecule has 0 aromatic heterocycles. The van der Waals surface area contributed by atoms with Crippen LogP contribution in [0.15, 0.2) is 24.3 Å². The molecule has 0 spiro atoms. The fourth-order valence-electron chi connectivity index (χ4n) is 2.88. The standard InChI is InChI=1S/C15H20F3N/c1-10-6-7-14(11(2)8-10)19-13-5-3-4-12(9-13)15(16,17)18/h3-5,9-11,14,19H,6-8H2,1-2H3. The molecule has 0 aliphatic heterocycles. The molecule has 106 valence electrons. The first-order valence-corrected chi connectivity index (χ1v) is 6.80. The molecular formula is C15H20F3N. The molecule has 1 aliphatic carbocycles. The van der Waals surface area contributed by atoms with Crippen molar-refractivity contribution < 1.29 is 13.2 Å². The van der Waals surface area contributed by atoms with E-state index in [0.29, 0.717) is 11.6 Å². The molecule has 0 saturated heterocycles. The Bertz CT molecular complexity index is 428. The van der Waals surface area contributed by atoms with Crippen LogP contribution in [0, 0.1) is 11.8 Å². The van der Waals surface area contributed by atoms with Crippen molar-refractivity contribution in [2.24, 2.45) is 11.8 Å². The van der Waals surface area contributed by atoms with Gasteiger partial charge >= 0.3 is 6.18 Å². The minimum Gasteiger partial charge on any atom is -0.382 e. The summed E-state index contributed by atoms with van der Waals surface area (Å²) in [5.41, 5.74) is -0.0180. The van der Waals surface area contributed by atoms with Gasteiger partial charge in [0, 0.05) is 11.7 Å². The third-order valence-electron chi connectivity index (χ3n) is 3.97. The lowest BCUT2D eigenvalue weighted by Gasteiger charge is -2.34. The van der Waals surface area contributed by atoms with Crippen LogP contribution in [-0.4, -0.2) is 6.04 Å². The smallest absolute Gasteiger partial charge is 0.382 e. The van der Waals surface area contributed by atoms with Gasteiger partial charge in [-0.1, -0.05) is 19.9 Å². The van der Waals surface area contributed by atoms with Gasteiger partial charge in [0.25, 0.3) is 0 Å². The fourth-order valence-corrected chi connectivity index (χ4v) is 2.88. The number of nitrogens with one attached hydrogen (secondary N) is 1. The number of alkyl halides is 3. The third kappa shape index (κ3) is 3.64. The first-order chi connectivity index (χ1) is 8.86. The summed E-state index contributed by atoms with van der Waals surface area (Å²) < 4.78 is 37.9. The predicted octanol–water partition coefficient (Wildman–Crippen LogP) is 4.94. The second kappa shape index (κ2) is 5.43. The van der Waals surface area contributed by atoms with E-state index in [0.717, 1.165) is 31.2 Å². The summed E-state index contributed by atoms with van der Waals surface area (Å²) in [6.45, 7) is 4.40. The first-order valence-electron chi connectivity index (χ1n) is 6.80. The summed E-state index contributed by atoms with van der Waals surface area (Å²) in [4.78, 5) is 0. The van der Waals surface area contributed by atoms with Gasteiger partial charge in [0.2, 0.25) is 0 Å². The zero-order chi connectivity index (χ0) is 14.0. The average molecular weight is 271 g/mol. The summed E-state index contributed by atoms with van der Waals surface area (Å²) in [5, 5.41) is 3.26. The zero-order valence-corrected chi connectivity index (χ0v) is 11.3. The van der Waals surface area contributed by atoms with Gasteiger partial charge in [-0.15, -0.1) is 0 Å². The SMILES string of the molecule is CC1CCC(Nc2cccc(C(F)(F)F)c2)C(C)C1. The van der Waals surface area contributed by atoms with E-state index in [-0.39, 0.29) is 6.04 Å². The zero-order valence-electron chi connectivity index (χ0n) is 11.3. The molecule has 1 nitrogen and oxygen atoms in total. The highest BCUT2D eigenvalue weighted by molar-refractivity contribution is 5.47. The largest absolute Gasteiger partial charge is 0.416 e. The van der Waals surface area contributed by atoms with Gasteiger partial charge in [0.1, 0.15) is 0 Å². The summed E-state index contributed by atoms with van der Waals surface area (Å²) >= 11 is 0. The van der Waals surface area contributed by atoms with Gasteiger partial charge in [-0.3, -0.25) is 0 Å². The van der Waals surface area contributed by atoms with Crippen LogP contribution in [0.5, 0.6) is 0 Å². The number of rotatable bonds is 2. The van der Waals surface area contributed by atoms with Crippen molar-refractivity contribution in [3.63, 3.8) is 0 Å². The number of hydrogen-bond donors (Lipinski definition) is 1. The van der Waals surface area contributed by atoms with Crippen LogP contribution in [0.25, 0.3) is 0 Å². The first kappa shape index (κ1) is 14.2. The van der Waals surface area contributed by atoms with Crippen LogP contribution in [0.1, 0.15) is 38.7 Å². The second-order valence-corrected chi connectivity index (χ2v) is 5.72. The van der Waals surface area contributed by atoms with Crippen LogP contribution in [0.2, 0.25) is 0 Å². The van der Waals surface area contributed by atoms with E-state index in [2.05, 4.69) is 19.2 Å². The van der Waals surface area contributed by atoms with Crippen LogP contribution in [0.3, 0.4) is 0 Å². The van der Waals surface area contributed by atoms with Crippen molar-refractivity contribution in [1.29, 1.82) is 0 Å². The second-order valence-electron chi connectivity index (χ2n) is 5.72. The summed E-state index contributed by atoms with van der Waals surface area (Å²) in [6, 6.07) is 5.75. The Kier molecular flexibility index (Phi) is 4.07. The molecule has 2 rings (SSSR count). The molecular weight excluding hydrogens is 251 g/mol. The number of benzene rings is 1. The van der Waals surface area contributed by atoms with Gasteiger partial charge in [0.15, 0.2) is 0 Å². The Balaban J connectivity index is 2.07. The molecule has 1 N–H and O–H groups in total. The molecule has 1 fully saturated rings. The van der Waals surface area contributed by atoms with Crippen molar-refractivity contribution in [2.45, 2.75) is 45.3 Å². The average Bonchev–Trinajstić information content (AvgIpc) is 2.32. The van der Waals surface area contributed by atoms with Crippen molar-refractivity contribution in [3.8, 4) is 0 Å². The molecule has 3 unspecified atom stereocenters. The summed E-state index contributed by atoms with van der Waals surface area (Å²) in [6.07, 6.45) is -0.972. The van der Waals surface area contributed by atoms with E-state index in [1.54, 1.807) is 6.07 Å². The lowest BCUT2D eigenvalue weighted by atomic mass is 9.80. The monoisotopic (exact) mass is 271 g/mol. The van der Waals surface area contributed by atoms with Crippen LogP contribution >= 0.6 is 0 Å². The Hall–Kier alpha value is -1.19. The highest BCUT2D eigenvalue weighted by Gasteiger charge is 2.31. The van der Waals surface area contributed by atoms with E-state index in [1.165, 1.54) is 12.1 Å². The Morgan fingerprint density at radius 2 is 1.89 bits per heavy atom. The third-order valence-corrected chi connectivity index (χ3v) is 3.97. The molecule has 1 aliphatic rings. The van der Waals surface area contributed by atoms with Crippen molar-refractivity contribution in [1.82, 2.24) is 0 Å². The molecule has 3 atom stereocenters. The van der Waals surface area contributed by atoms with Crippen LogP contribution < -0.4 is 5.32 Å². The summed E-state index contributed by atoms with van der Waals surface area (Å²) in [7, 11) is 0. The fraction of sp³-hybridized carbons (Fsp3) is 0.600. The van der Waals surface area contributed by atoms with Crippen molar-refractivity contribution in [3.05, 3.63) is 29.8 Å². The minimum atomic E-state index is -4.27. The Labute approximate surface area is 112 Å². The van der Waals surface area contributed by atoms with E-state index in [9.17, 15) is 13.2 Å². The van der Waals surface area contributed by atoms with Crippen LogP contribution in [0.4, 0.5) is 18.9 Å². The van der Waals surface area contributed by atoms with E-state index < -0.39 is 11.7 Å². The normalized spacial score (nSPS) is 28.2. The summed E-state index contributed by atoms with van der Waals surface area (Å²) in [5.74, 6) is 1.22. The molecule has 0 radical (unpaired) electrons. The lowest BCUT2D eigenvalue weighted by molar-refractivity contribution is -0.137. The topological polar surface area (TPSA) is 12.0 Å². The highest BCUT2D eigenvalue weighted by Crippen LogP contribution is 2.33. The molecule has 0 amide bonds. The number of halogens is 3. The quantitative estimate of drug-likeness (QED) is 0.803. The molecule has 1 aromatic rings.